The van der Waals surface area contributed by atoms with Crippen LogP contribution in [-0.4, -0.2) is 32.2 Å². The summed E-state index contributed by atoms with van der Waals surface area (Å²) in [5.74, 6) is 0. The molecule has 0 aromatic heterocycles. The number of hydrogen-bond donors (Lipinski definition) is 3. The number of hydrogen-bond acceptors (Lipinski definition) is 3. The summed E-state index contributed by atoms with van der Waals surface area (Å²) in [7, 11) is 0. The van der Waals surface area contributed by atoms with Crippen molar-refractivity contribution in [2.75, 3.05) is 26.2 Å². The van der Waals surface area contributed by atoms with Crippen LogP contribution in [0.1, 0.15) is 26.7 Å². The third kappa shape index (κ3) is 7.98. The van der Waals surface area contributed by atoms with Crippen molar-refractivity contribution in [3.05, 3.63) is 0 Å². The summed E-state index contributed by atoms with van der Waals surface area (Å²) in [5, 5.41) is 6.35. The van der Waals surface area contributed by atoms with Gasteiger partial charge in [0.05, 0.1) is 0 Å². The molecule has 0 aromatic carbocycles. The monoisotopic (exact) mass is 173 g/mol. The number of nitrogens with one attached hydrogen (secondary N) is 2. The van der Waals surface area contributed by atoms with Crippen molar-refractivity contribution in [1.29, 1.82) is 0 Å². The smallest absolute Gasteiger partial charge is 0.00629 e. The first-order valence-electron chi connectivity index (χ1n) is 4.98. The van der Waals surface area contributed by atoms with Crippen molar-refractivity contribution in [2.45, 2.75) is 32.7 Å². The fraction of sp³-hybridized carbons (Fsp3) is 1.00. The van der Waals surface area contributed by atoms with Crippen LogP contribution in [0.25, 0.3) is 0 Å². The molecule has 0 unspecified atom stereocenters. The lowest BCUT2D eigenvalue weighted by molar-refractivity contribution is 0.458. The average Bonchev–Trinajstić information content (AvgIpc) is 2.08. The maximum absolute atomic E-state index is 5.59. The van der Waals surface area contributed by atoms with Crippen LogP contribution in [0.15, 0.2) is 0 Å². The molecule has 0 amide bonds. The largest absolute Gasteiger partial charge is 0.328 e. The van der Waals surface area contributed by atoms with Gasteiger partial charge in [-0.2, -0.15) is 0 Å². The Hall–Kier alpha value is -0.120. The van der Waals surface area contributed by atoms with E-state index in [-0.39, 0.29) is 0 Å². The summed E-state index contributed by atoms with van der Waals surface area (Å²) in [5.41, 5.74) is 5.59. The van der Waals surface area contributed by atoms with Gasteiger partial charge < -0.3 is 16.4 Å². The molecule has 3 nitrogen and oxygen atoms in total. The summed E-state index contributed by atoms with van der Waals surface area (Å²) < 4.78 is 0. The van der Waals surface area contributed by atoms with Crippen molar-refractivity contribution in [3.8, 4) is 0 Å². The first-order chi connectivity index (χ1) is 5.81. The minimum absolute atomic E-state index is 0.473. The second-order valence-corrected chi connectivity index (χ2v) is 3.04. The van der Waals surface area contributed by atoms with Crippen molar-refractivity contribution in [3.63, 3.8) is 0 Å². The van der Waals surface area contributed by atoms with Crippen molar-refractivity contribution >= 4 is 0 Å². The standard InChI is InChI=1S/C5H12N2.C4H11N/c6-5-1-3-7-4-2-5;1-3-5-4-2/h5,7H,1-4,6H2;5H,3-4H2,1-2H3. The van der Waals surface area contributed by atoms with Gasteiger partial charge in [0.2, 0.25) is 0 Å². The molecule has 3 heteroatoms. The van der Waals surface area contributed by atoms with Gasteiger partial charge in [-0.1, -0.05) is 13.8 Å². The predicted octanol–water partition coefficient (Wildman–Crippen LogP) is 0.313. The van der Waals surface area contributed by atoms with Crippen LogP contribution in [0.5, 0.6) is 0 Å². The van der Waals surface area contributed by atoms with Crippen molar-refractivity contribution in [2.24, 2.45) is 5.73 Å². The highest BCUT2D eigenvalue weighted by Crippen LogP contribution is 1.96. The number of piperidine rings is 1. The fourth-order valence-corrected chi connectivity index (χ4v) is 1.09. The molecule has 1 rings (SSSR count). The Labute approximate surface area is 76.1 Å². The van der Waals surface area contributed by atoms with Crippen LogP contribution in [0.4, 0.5) is 0 Å². The molecule has 1 saturated heterocycles. The summed E-state index contributed by atoms with van der Waals surface area (Å²) >= 11 is 0. The normalized spacial score (nSPS) is 18.2. The molecule has 0 atom stereocenters. The van der Waals surface area contributed by atoms with E-state index < -0.39 is 0 Å². The Morgan fingerprint density at radius 1 is 1.25 bits per heavy atom. The minimum Gasteiger partial charge on any atom is -0.328 e. The fourth-order valence-electron chi connectivity index (χ4n) is 1.09. The summed E-state index contributed by atoms with van der Waals surface area (Å²) in [6.07, 6.45) is 2.31. The van der Waals surface area contributed by atoms with Gasteiger partial charge in [-0.05, 0) is 39.0 Å². The molecule has 1 aliphatic rings. The van der Waals surface area contributed by atoms with Gasteiger partial charge >= 0.3 is 0 Å². The zero-order valence-electron chi connectivity index (χ0n) is 8.40. The van der Waals surface area contributed by atoms with Crippen LogP contribution in [-0.2, 0) is 0 Å². The van der Waals surface area contributed by atoms with E-state index in [1.807, 2.05) is 0 Å². The summed E-state index contributed by atoms with van der Waals surface area (Å²) in [4.78, 5) is 0. The quantitative estimate of drug-likeness (QED) is 0.563. The van der Waals surface area contributed by atoms with Gasteiger partial charge in [0.25, 0.3) is 0 Å². The van der Waals surface area contributed by atoms with Gasteiger partial charge in [-0.25, -0.2) is 0 Å². The lowest BCUT2D eigenvalue weighted by Crippen LogP contribution is -2.35. The molecule has 12 heavy (non-hydrogen) atoms. The van der Waals surface area contributed by atoms with Crippen LogP contribution < -0.4 is 16.4 Å². The van der Waals surface area contributed by atoms with Gasteiger partial charge in [-0.15, -0.1) is 0 Å². The molecule has 0 spiro atoms. The third-order valence-electron chi connectivity index (χ3n) is 1.88. The van der Waals surface area contributed by atoms with Crippen molar-refractivity contribution < 1.29 is 0 Å². The van der Waals surface area contributed by atoms with Crippen molar-refractivity contribution in [1.82, 2.24) is 10.6 Å². The maximum Gasteiger partial charge on any atom is 0.00629 e. The Morgan fingerprint density at radius 2 is 1.75 bits per heavy atom. The minimum atomic E-state index is 0.473. The number of rotatable bonds is 2. The molecular formula is C9H23N3. The first-order valence-corrected chi connectivity index (χ1v) is 4.98. The predicted molar refractivity (Wildman–Crippen MR) is 54.3 cm³/mol. The second kappa shape index (κ2) is 8.97. The van der Waals surface area contributed by atoms with E-state index in [9.17, 15) is 0 Å². The second-order valence-electron chi connectivity index (χ2n) is 3.04. The molecule has 1 fully saturated rings. The van der Waals surface area contributed by atoms with Crippen LogP contribution in [0.2, 0.25) is 0 Å². The molecule has 0 bridgehead atoms. The average molecular weight is 173 g/mol. The Morgan fingerprint density at radius 3 is 1.92 bits per heavy atom. The third-order valence-corrected chi connectivity index (χ3v) is 1.88. The SMILES string of the molecule is CCNCC.NC1CCNCC1. The summed E-state index contributed by atoms with van der Waals surface area (Å²) in [6.45, 7) is 8.61. The summed E-state index contributed by atoms with van der Waals surface area (Å²) in [6, 6.07) is 0.473. The highest BCUT2D eigenvalue weighted by molar-refractivity contribution is 4.69. The molecule has 0 aromatic rings. The molecule has 0 saturated carbocycles. The zero-order valence-corrected chi connectivity index (χ0v) is 8.40. The zero-order chi connectivity index (χ0) is 9.23. The topological polar surface area (TPSA) is 50.1 Å². The molecule has 1 aliphatic heterocycles. The van der Waals surface area contributed by atoms with E-state index >= 15 is 0 Å². The van der Waals surface area contributed by atoms with Crippen LogP contribution in [0, 0.1) is 0 Å². The van der Waals surface area contributed by atoms with E-state index in [4.69, 9.17) is 5.73 Å². The van der Waals surface area contributed by atoms with E-state index in [2.05, 4.69) is 24.5 Å². The molecule has 4 N–H and O–H groups in total. The highest BCUT2D eigenvalue weighted by Gasteiger charge is 2.05. The van der Waals surface area contributed by atoms with Crippen LogP contribution in [0.3, 0.4) is 0 Å². The van der Waals surface area contributed by atoms with Gasteiger partial charge in [0, 0.05) is 6.04 Å². The van der Waals surface area contributed by atoms with Gasteiger partial charge in [0.1, 0.15) is 0 Å². The molecule has 74 valence electrons. The molecular weight excluding hydrogens is 150 g/mol. The molecule has 1 heterocycles. The molecule has 0 radical (unpaired) electrons. The lowest BCUT2D eigenvalue weighted by atomic mass is 10.1. The Balaban J connectivity index is 0.000000217. The van der Waals surface area contributed by atoms with Gasteiger partial charge in [-0.3, -0.25) is 0 Å². The highest BCUT2D eigenvalue weighted by atomic mass is 14.9. The Bertz CT molecular complexity index is 77.8. The maximum atomic E-state index is 5.59. The Kier molecular flexibility index (Phi) is 8.88. The molecule has 0 aliphatic carbocycles. The van der Waals surface area contributed by atoms with E-state index in [1.54, 1.807) is 0 Å². The number of nitrogens with two attached hydrogens (primary N) is 1. The van der Waals surface area contributed by atoms with E-state index in [1.165, 1.54) is 0 Å². The van der Waals surface area contributed by atoms with E-state index in [0.717, 1.165) is 39.0 Å². The first kappa shape index (κ1) is 11.9. The van der Waals surface area contributed by atoms with Gasteiger partial charge in [0.15, 0.2) is 0 Å². The van der Waals surface area contributed by atoms with Crippen LogP contribution >= 0.6 is 0 Å². The van der Waals surface area contributed by atoms with E-state index in [0.29, 0.717) is 6.04 Å². The lowest BCUT2D eigenvalue weighted by Gasteiger charge is -2.17.